The number of rotatable bonds is 14. The van der Waals surface area contributed by atoms with Crippen LogP contribution in [0, 0.1) is 0 Å². The van der Waals surface area contributed by atoms with Gasteiger partial charge < -0.3 is 24.9 Å². The molecule has 0 aromatic carbocycles. The van der Waals surface area contributed by atoms with Crippen LogP contribution in [0.25, 0.3) is 0 Å². The highest BCUT2D eigenvalue weighted by atomic mass is 17.1. The Labute approximate surface area is 111 Å². The molecule has 0 heterocycles. The van der Waals surface area contributed by atoms with Gasteiger partial charge in [-0.3, -0.25) is 5.26 Å². The zero-order valence-corrected chi connectivity index (χ0v) is 10.7. The van der Waals surface area contributed by atoms with E-state index in [1.165, 1.54) is 6.08 Å². The molecule has 0 unspecified atom stereocenters. The Hall–Kier alpha value is -0.940. The number of hydroxylamine groups is 1. The van der Waals surface area contributed by atoms with Crippen LogP contribution >= 0.6 is 0 Å². The van der Waals surface area contributed by atoms with Crippen molar-refractivity contribution in [2.45, 2.75) is 6.42 Å². The van der Waals surface area contributed by atoms with Gasteiger partial charge in [0.2, 0.25) is 5.88 Å². The summed E-state index contributed by atoms with van der Waals surface area (Å²) < 4.78 is 10.3. The Morgan fingerprint density at radius 3 is 2.21 bits per heavy atom. The van der Waals surface area contributed by atoms with Gasteiger partial charge in [-0.2, -0.15) is 0 Å². The van der Waals surface area contributed by atoms with Crippen LogP contribution in [0.5, 0.6) is 0 Å². The fourth-order valence-corrected chi connectivity index (χ4v) is 1.07. The van der Waals surface area contributed by atoms with Crippen LogP contribution in [-0.4, -0.2) is 61.8 Å². The molecule has 0 saturated carbocycles. The van der Waals surface area contributed by atoms with E-state index in [0.717, 1.165) is 0 Å². The van der Waals surface area contributed by atoms with Crippen LogP contribution in [0.2, 0.25) is 0 Å². The number of ether oxygens (including phenoxy) is 2. The van der Waals surface area contributed by atoms with E-state index >= 15 is 0 Å². The summed E-state index contributed by atoms with van der Waals surface area (Å²) in [5.74, 6) is 0.172. The third kappa shape index (κ3) is 13.3. The lowest BCUT2D eigenvalue weighted by molar-refractivity contribution is -0.241. The third-order valence-corrected chi connectivity index (χ3v) is 1.91. The maximum Gasteiger partial charge on any atom is 0.226 e. The van der Waals surface area contributed by atoms with Gasteiger partial charge in [0, 0.05) is 13.1 Å². The van der Waals surface area contributed by atoms with Gasteiger partial charge in [0.05, 0.1) is 33.0 Å². The number of hydrogen-bond acceptors (Lipinski definition) is 9. The first-order valence-electron chi connectivity index (χ1n) is 5.89. The SMILES string of the molecule is ONCCOCCOCCN/C(=C/CCOO)OO. The second-order valence-corrected chi connectivity index (χ2v) is 3.34. The van der Waals surface area contributed by atoms with E-state index in [0.29, 0.717) is 45.9 Å². The van der Waals surface area contributed by atoms with E-state index < -0.39 is 0 Å². The summed E-state index contributed by atoms with van der Waals surface area (Å²) in [5.41, 5.74) is 1.97. The highest BCUT2D eigenvalue weighted by Crippen LogP contribution is 1.93. The highest BCUT2D eigenvalue weighted by molar-refractivity contribution is 4.89. The first-order chi connectivity index (χ1) is 9.35. The van der Waals surface area contributed by atoms with Gasteiger partial charge in [-0.05, 0) is 12.5 Å². The maximum absolute atomic E-state index is 8.53. The predicted octanol–water partition coefficient (Wildman–Crippen LogP) is -0.201. The van der Waals surface area contributed by atoms with Crippen molar-refractivity contribution in [3.63, 3.8) is 0 Å². The minimum atomic E-state index is 0.116. The van der Waals surface area contributed by atoms with Gasteiger partial charge in [-0.15, -0.1) is 0 Å². The normalized spacial score (nSPS) is 11.6. The van der Waals surface area contributed by atoms with Crippen molar-refractivity contribution in [2.24, 2.45) is 0 Å². The molecule has 19 heavy (non-hydrogen) atoms. The van der Waals surface area contributed by atoms with Gasteiger partial charge in [0.15, 0.2) is 0 Å². The molecule has 0 aliphatic rings. The predicted molar refractivity (Wildman–Crippen MR) is 64.4 cm³/mol. The maximum atomic E-state index is 8.53. The lowest BCUT2D eigenvalue weighted by atomic mass is 10.4. The average Bonchev–Trinajstić information content (AvgIpc) is 2.43. The molecule has 0 aliphatic carbocycles. The summed E-state index contributed by atoms with van der Waals surface area (Å²) in [6.07, 6.45) is 1.92. The fraction of sp³-hybridized carbons (Fsp3) is 0.800. The van der Waals surface area contributed by atoms with Crippen molar-refractivity contribution < 1.29 is 35.0 Å². The molecule has 114 valence electrons. The summed E-state index contributed by atoms with van der Waals surface area (Å²) in [4.78, 5) is 7.94. The van der Waals surface area contributed by atoms with Crippen molar-refractivity contribution in [1.82, 2.24) is 10.8 Å². The number of nitrogens with one attached hydrogen (secondary N) is 2. The van der Waals surface area contributed by atoms with Gasteiger partial charge in [0.25, 0.3) is 0 Å². The summed E-state index contributed by atoms with van der Waals surface area (Å²) >= 11 is 0. The van der Waals surface area contributed by atoms with Gasteiger partial charge >= 0.3 is 0 Å². The molecule has 0 rings (SSSR count). The van der Waals surface area contributed by atoms with E-state index in [4.69, 9.17) is 25.2 Å². The zero-order valence-electron chi connectivity index (χ0n) is 10.7. The van der Waals surface area contributed by atoms with Crippen molar-refractivity contribution in [1.29, 1.82) is 0 Å². The Bertz CT molecular complexity index is 216. The minimum absolute atomic E-state index is 0.116. The van der Waals surface area contributed by atoms with Crippen molar-refractivity contribution in [3.8, 4) is 0 Å². The molecule has 0 spiro atoms. The lowest BCUT2D eigenvalue weighted by Crippen LogP contribution is -2.22. The summed E-state index contributed by atoms with van der Waals surface area (Å²) in [6.45, 7) is 2.64. The molecule has 0 aromatic rings. The topological polar surface area (TPSA) is 122 Å². The van der Waals surface area contributed by atoms with Crippen LogP contribution in [0.15, 0.2) is 12.0 Å². The Morgan fingerprint density at radius 2 is 1.63 bits per heavy atom. The van der Waals surface area contributed by atoms with Crippen LogP contribution in [0.4, 0.5) is 0 Å². The molecule has 0 saturated heterocycles. The molecule has 0 bridgehead atoms. The fourth-order valence-electron chi connectivity index (χ4n) is 1.07. The molecule has 0 aromatic heterocycles. The summed E-state index contributed by atoms with van der Waals surface area (Å²) in [5, 5.41) is 27.7. The second-order valence-electron chi connectivity index (χ2n) is 3.34. The summed E-state index contributed by atoms with van der Waals surface area (Å²) in [7, 11) is 0. The van der Waals surface area contributed by atoms with Crippen molar-refractivity contribution >= 4 is 0 Å². The van der Waals surface area contributed by atoms with Crippen molar-refractivity contribution in [3.05, 3.63) is 12.0 Å². The van der Waals surface area contributed by atoms with Gasteiger partial charge in [-0.25, -0.2) is 15.6 Å². The molecule has 5 N–H and O–H groups in total. The molecule has 0 radical (unpaired) electrons. The van der Waals surface area contributed by atoms with Crippen LogP contribution in [0.3, 0.4) is 0 Å². The van der Waals surface area contributed by atoms with Crippen LogP contribution < -0.4 is 10.8 Å². The van der Waals surface area contributed by atoms with Gasteiger partial charge in [-0.1, -0.05) is 0 Å². The Balaban J connectivity index is 3.33. The highest BCUT2D eigenvalue weighted by Gasteiger charge is 1.97. The standard InChI is InChI=1S/C10H22N2O7/c13-12-4-7-17-9-8-16-6-3-11-10(19-15)2-1-5-18-14/h2,11-15H,1,3-9H2/b10-2-. The molecule has 0 amide bonds. The number of hydrogen-bond donors (Lipinski definition) is 5. The largest absolute Gasteiger partial charge is 0.378 e. The second kappa shape index (κ2) is 15.1. The van der Waals surface area contributed by atoms with Crippen molar-refractivity contribution in [2.75, 3.05) is 46.1 Å². The Morgan fingerprint density at radius 1 is 0.947 bits per heavy atom. The Kier molecular flexibility index (Phi) is 14.4. The molecule has 9 nitrogen and oxygen atoms in total. The first kappa shape index (κ1) is 18.1. The van der Waals surface area contributed by atoms with E-state index in [9.17, 15) is 0 Å². The molecular formula is C10H22N2O7. The minimum Gasteiger partial charge on any atom is -0.378 e. The van der Waals surface area contributed by atoms with E-state index in [-0.39, 0.29) is 12.5 Å². The third-order valence-electron chi connectivity index (χ3n) is 1.91. The van der Waals surface area contributed by atoms with Gasteiger partial charge in [0.1, 0.15) is 0 Å². The molecular weight excluding hydrogens is 260 g/mol. The molecule has 9 heteroatoms. The quantitative estimate of drug-likeness (QED) is 0.127. The van der Waals surface area contributed by atoms with Crippen LogP contribution in [-0.2, 0) is 19.2 Å². The molecule has 0 aliphatic heterocycles. The zero-order chi connectivity index (χ0) is 14.2. The average molecular weight is 282 g/mol. The first-order valence-corrected chi connectivity index (χ1v) is 5.89. The summed E-state index contributed by atoms with van der Waals surface area (Å²) in [6, 6.07) is 0. The molecule has 0 atom stereocenters. The van der Waals surface area contributed by atoms with E-state index in [1.54, 1.807) is 0 Å². The lowest BCUT2D eigenvalue weighted by Gasteiger charge is -2.08. The monoisotopic (exact) mass is 282 g/mol. The van der Waals surface area contributed by atoms with Crippen LogP contribution in [0.1, 0.15) is 6.42 Å². The molecule has 0 fully saturated rings. The van der Waals surface area contributed by atoms with E-state index in [1.807, 2.05) is 5.48 Å². The smallest absolute Gasteiger partial charge is 0.226 e. The van der Waals surface area contributed by atoms with E-state index in [2.05, 4.69) is 15.1 Å².